The third-order valence-corrected chi connectivity index (χ3v) is 2.64. The number of carbonyl (C=O) groups is 2. The molecule has 5 nitrogen and oxygen atoms in total. The summed E-state index contributed by atoms with van der Waals surface area (Å²) in [6.45, 7) is 0.201. The third kappa shape index (κ3) is 4.02. The average molecular weight is 227 g/mol. The van der Waals surface area contributed by atoms with Gasteiger partial charge in [-0.2, -0.15) is 0 Å². The molecule has 0 bridgehead atoms. The molecule has 2 unspecified atom stereocenters. The summed E-state index contributed by atoms with van der Waals surface area (Å²) in [7, 11) is 0. The first-order valence-corrected chi connectivity index (χ1v) is 5.45. The third-order valence-electron chi connectivity index (χ3n) is 2.64. The van der Waals surface area contributed by atoms with Crippen LogP contribution < -0.4 is 5.32 Å². The number of allylic oxidation sites excluding steroid dienone is 2. The van der Waals surface area contributed by atoms with Gasteiger partial charge in [0, 0.05) is 18.9 Å². The fourth-order valence-electron chi connectivity index (χ4n) is 1.63. The van der Waals surface area contributed by atoms with Gasteiger partial charge < -0.3 is 15.5 Å². The monoisotopic (exact) mass is 227 g/mol. The Morgan fingerprint density at radius 2 is 2.19 bits per heavy atom. The van der Waals surface area contributed by atoms with E-state index >= 15 is 0 Å². The summed E-state index contributed by atoms with van der Waals surface area (Å²) in [5.74, 6) is -1.32. The van der Waals surface area contributed by atoms with E-state index in [1.807, 2.05) is 6.08 Å². The lowest BCUT2D eigenvalue weighted by Gasteiger charge is -2.17. The summed E-state index contributed by atoms with van der Waals surface area (Å²) in [5, 5.41) is 20.1. The van der Waals surface area contributed by atoms with E-state index in [9.17, 15) is 9.59 Å². The molecule has 0 aromatic carbocycles. The van der Waals surface area contributed by atoms with Gasteiger partial charge in [0.25, 0.3) is 0 Å². The summed E-state index contributed by atoms with van der Waals surface area (Å²) in [6, 6.07) is 0. The van der Waals surface area contributed by atoms with Gasteiger partial charge in [0.05, 0.1) is 0 Å². The van der Waals surface area contributed by atoms with Crippen LogP contribution in [-0.4, -0.2) is 34.7 Å². The maximum Gasteiger partial charge on any atom is 0.332 e. The Morgan fingerprint density at radius 3 is 2.75 bits per heavy atom. The first kappa shape index (κ1) is 12.7. The number of carboxylic acid groups (broad SMARTS) is 1. The first-order valence-electron chi connectivity index (χ1n) is 5.45. The molecule has 0 saturated heterocycles. The van der Waals surface area contributed by atoms with Crippen molar-refractivity contribution in [3.63, 3.8) is 0 Å². The molecule has 2 atom stereocenters. The van der Waals surface area contributed by atoms with Gasteiger partial charge in [-0.1, -0.05) is 12.2 Å². The fourth-order valence-corrected chi connectivity index (χ4v) is 1.63. The van der Waals surface area contributed by atoms with E-state index in [4.69, 9.17) is 10.2 Å². The highest BCUT2D eigenvalue weighted by atomic mass is 16.4. The zero-order valence-electron chi connectivity index (χ0n) is 9.06. The molecule has 0 spiro atoms. The number of nitrogens with one attached hydrogen (secondary N) is 1. The highest BCUT2D eigenvalue weighted by Gasteiger charge is 2.19. The number of aliphatic hydroxyl groups excluding tert-OH is 1. The van der Waals surface area contributed by atoms with Gasteiger partial charge >= 0.3 is 5.97 Å². The lowest BCUT2D eigenvalue weighted by molar-refractivity contribution is -0.147. The van der Waals surface area contributed by atoms with Crippen molar-refractivity contribution in [2.24, 2.45) is 5.92 Å². The minimum Gasteiger partial charge on any atom is -0.479 e. The molecule has 0 aromatic heterocycles. The molecule has 1 amide bonds. The summed E-state index contributed by atoms with van der Waals surface area (Å²) in [6.07, 6.45) is 5.18. The van der Waals surface area contributed by atoms with Crippen LogP contribution in [0.5, 0.6) is 0 Å². The van der Waals surface area contributed by atoms with Crippen LogP contribution in [0.1, 0.15) is 25.7 Å². The van der Waals surface area contributed by atoms with Crippen molar-refractivity contribution in [2.45, 2.75) is 31.8 Å². The topological polar surface area (TPSA) is 86.6 Å². The molecule has 0 aliphatic heterocycles. The van der Waals surface area contributed by atoms with Crippen LogP contribution in [0.25, 0.3) is 0 Å². The quantitative estimate of drug-likeness (QED) is 0.589. The molecule has 0 aromatic rings. The minimum atomic E-state index is -1.40. The van der Waals surface area contributed by atoms with Gasteiger partial charge in [0.15, 0.2) is 6.10 Å². The van der Waals surface area contributed by atoms with Gasteiger partial charge in [-0.25, -0.2) is 4.79 Å². The molecule has 16 heavy (non-hydrogen) atoms. The largest absolute Gasteiger partial charge is 0.479 e. The van der Waals surface area contributed by atoms with Gasteiger partial charge in [-0.3, -0.25) is 4.79 Å². The van der Waals surface area contributed by atoms with E-state index in [0.29, 0.717) is 0 Å². The van der Waals surface area contributed by atoms with E-state index in [-0.39, 0.29) is 24.8 Å². The second-order valence-electron chi connectivity index (χ2n) is 3.92. The lowest BCUT2D eigenvalue weighted by Crippen LogP contribution is -2.34. The van der Waals surface area contributed by atoms with Crippen LogP contribution in [-0.2, 0) is 9.59 Å². The van der Waals surface area contributed by atoms with E-state index < -0.39 is 12.1 Å². The fraction of sp³-hybridized carbons (Fsp3) is 0.636. The highest BCUT2D eigenvalue weighted by molar-refractivity contribution is 5.79. The van der Waals surface area contributed by atoms with Crippen molar-refractivity contribution in [1.82, 2.24) is 5.32 Å². The van der Waals surface area contributed by atoms with Crippen molar-refractivity contribution in [1.29, 1.82) is 0 Å². The maximum atomic E-state index is 11.6. The van der Waals surface area contributed by atoms with Crippen LogP contribution in [0, 0.1) is 5.92 Å². The zero-order valence-corrected chi connectivity index (χ0v) is 9.06. The van der Waals surface area contributed by atoms with Crippen LogP contribution in [0.4, 0.5) is 0 Å². The summed E-state index contributed by atoms with van der Waals surface area (Å²) >= 11 is 0. The molecule has 3 N–H and O–H groups in total. The number of carbonyl (C=O) groups excluding carboxylic acids is 1. The van der Waals surface area contributed by atoms with Crippen LogP contribution in [0.15, 0.2) is 12.2 Å². The molecular formula is C11H17NO4. The van der Waals surface area contributed by atoms with Gasteiger partial charge in [-0.15, -0.1) is 0 Å². The minimum absolute atomic E-state index is 0.00743. The second-order valence-corrected chi connectivity index (χ2v) is 3.92. The Bertz CT molecular complexity index is 288. The Balaban J connectivity index is 2.19. The van der Waals surface area contributed by atoms with Crippen LogP contribution >= 0.6 is 0 Å². The predicted molar refractivity (Wildman–Crippen MR) is 57.8 cm³/mol. The van der Waals surface area contributed by atoms with Crippen molar-refractivity contribution >= 4 is 11.9 Å². The number of amides is 1. The van der Waals surface area contributed by atoms with Crippen molar-refractivity contribution < 1.29 is 19.8 Å². The predicted octanol–water partition coefficient (Wildman–Crippen LogP) is 0.294. The number of carboxylic acids is 1. The lowest BCUT2D eigenvalue weighted by atomic mass is 9.94. The molecule has 5 heteroatoms. The second kappa shape index (κ2) is 6.27. The van der Waals surface area contributed by atoms with Gasteiger partial charge in [-0.05, 0) is 19.3 Å². The van der Waals surface area contributed by atoms with E-state index in [1.165, 1.54) is 0 Å². The number of rotatable bonds is 5. The summed E-state index contributed by atoms with van der Waals surface area (Å²) in [5.41, 5.74) is 0. The Labute approximate surface area is 94.2 Å². The molecule has 0 fully saturated rings. The Morgan fingerprint density at radius 1 is 1.44 bits per heavy atom. The SMILES string of the molecule is O=C(O)C(O)CCNC(=O)C1CC=CCC1. The first-order chi connectivity index (χ1) is 7.61. The molecule has 1 aliphatic rings. The van der Waals surface area contributed by atoms with E-state index in [0.717, 1.165) is 19.3 Å². The number of aliphatic carboxylic acids is 1. The van der Waals surface area contributed by atoms with Crippen LogP contribution in [0.2, 0.25) is 0 Å². The molecule has 1 rings (SSSR count). The van der Waals surface area contributed by atoms with E-state index in [2.05, 4.69) is 11.4 Å². The van der Waals surface area contributed by atoms with Crippen molar-refractivity contribution in [3.05, 3.63) is 12.2 Å². The molecule has 0 saturated carbocycles. The van der Waals surface area contributed by atoms with Gasteiger partial charge in [0.2, 0.25) is 5.91 Å². The highest BCUT2D eigenvalue weighted by Crippen LogP contribution is 2.17. The van der Waals surface area contributed by atoms with Crippen molar-refractivity contribution in [3.8, 4) is 0 Å². The molecular weight excluding hydrogens is 210 g/mol. The Kier molecular flexibility index (Phi) is 4.98. The molecule has 1 aliphatic carbocycles. The number of hydrogen-bond donors (Lipinski definition) is 3. The Hall–Kier alpha value is -1.36. The smallest absolute Gasteiger partial charge is 0.332 e. The standard InChI is InChI=1S/C11H17NO4/c13-9(11(15)16)6-7-12-10(14)8-4-2-1-3-5-8/h1-2,8-9,13H,3-7H2,(H,12,14)(H,15,16). The zero-order chi connectivity index (χ0) is 12.0. The number of aliphatic hydroxyl groups is 1. The average Bonchev–Trinajstić information content (AvgIpc) is 2.29. The van der Waals surface area contributed by atoms with Crippen LogP contribution in [0.3, 0.4) is 0 Å². The maximum absolute atomic E-state index is 11.6. The molecule has 0 heterocycles. The summed E-state index contributed by atoms with van der Waals surface area (Å²) < 4.78 is 0. The van der Waals surface area contributed by atoms with E-state index in [1.54, 1.807) is 0 Å². The summed E-state index contributed by atoms with van der Waals surface area (Å²) in [4.78, 5) is 21.9. The van der Waals surface area contributed by atoms with Gasteiger partial charge in [0.1, 0.15) is 0 Å². The normalized spacial score (nSPS) is 21.4. The molecule has 0 radical (unpaired) electrons. The number of hydrogen-bond acceptors (Lipinski definition) is 3. The molecule has 90 valence electrons. The van der Waals surface area contributed by atoms with Crippen molar-refractivity contribution in [2.75, 3.05) is 6.54 Å².